The Balaban J connectivity index is 2.48. The van der Waals surface area contributed by atoms with Crippen molar-refractivity contribution in [3.05, 3.63) is 0 Å². The summed E-state index contributed by atoms with van der Waals surface area (Å²) in [6.45, 7) is 6.94. The molecule has 5 nitrogen and oxygen atoms in total. The normalized spacial score (nSPS) is 20.8. The summed E-state index contributed by atoms with van der Waals surface area (Å²) in [5, 5.41) is 0. The molecule has 1 heterocycles. The van der Waals surface area contributed by atoms with E-state index in [-0.39, 0.29) is 24.2 Å². The predicted molar refractivity (Wildman–Crippen MR) is 62.4 cm³/mol. The maximum absolute atomic E-state index is 11.8. The van der Waals surface area contributed by atoms with Crippen LogP contribution in [0.2, 0.25) is 0 Å². The minimum Gasteiger partial charge on any atom is -0.460 e. The van der Waals surface area contributed by atoms with Crippen LogP contribution < -0.4 is 0 Å². The van der Waals surface area contributed by atoms with Gasteiger partial charge in [-0.25, -0.2) is 0 Å². The van der Waals surface area contributed by atoms with Crippen molar-refractivity contribution < 1.29 is 19.1 Å². The maximum Gasteiger partial charge on any atom is 0.311 e. The third-order valence-electron chi connectivity index (χ3n) is 2.52. The molecule has 1 saturated heterocycles. The number of nitrogens with zero attached hydrogens (tertiary/aromatic N) is 1. The van der Waals surface area contributed by atoms with Gasteiger partial charge in [0.05, 0.1) is 12.5 Å². The van der Waals surface area contributed by atoms with Gasteiger partial charge in [-0.3, -0.25) is 9.59 Å². The predicted octanol–water partition coefficient (Wildman–Crippen LogP) is 0.823. The van der Waals surface area contributed by atoms with Crippen LogP contribution in [0.1, 0.15) is 27.2 Å². The number of ether oxygens (including phenoxy) is 2. The highest BCUT2D eigenvalue weighted by atomic mass is 16.6. The monoisotopic (exact) mass is 243 g/mol. The molecular formula is C12H21NO4. The molecule has 0 aromatic carbocycles. The molecule has 0 N–H and O–H groups in total. The molecular weight excluding hydrogens is 222 g/mol. The number of hydrogen-bond acceptors (Lipinski definition) is 4. The van der Waals surface area contributed by atoms with Crippen LogP contribution in [-0.4, -0.2) is 49.2 Å². The Morgan fingerprint density at radius 1 is 1.47 bits per heavy atom. The van der Waals surface area contributed by atoms with Crippen LogP contribution in [0, 0.1) is 5.92 Å². The first-order valence-corrected chi connectivity index (χ1v) is 5.83. The Kier molecular flexibility index (Phi) is 4.51. The number of hydrogen-bond donors (Lipinski definition) is 0. The second-order valence-corrected chi connectivity index (χ2v) is 5.27. The lowest BCUT2D eigenvalue weighted by atomic mass is 10.1. The van der Waals surface area contributed by atoms with Gasteiger partial charge in [-0.05, 0) is 20.8 Å². The fourth-order valence-corrected chi connectivity index (χ4v) is 1.73. The van der Waals surface area contributed by atoms with E-state index in [1.54, 1.807) is 12.0 Å². The number of carbonyl (C=O) groups excluding carboxylic acids is 2. The van der Waals surface area contributed by atoms with Crippen molar-refractivity contribution in [3.8, 4) is 0 Å². The number of likely N-dealkylation sites (tertiary alicyclic amines) is 1. The minimum atomic E-state index is -0.500. The highest BCUT2D eigenvalue weighted by molar-refractivity contribution is 5.86. The smallest absolute Gasteiger partial charge is 0.311 e. The van der Waals surface area contributed by atoms with E-state index < -0.39 is 5.60 Å². The van der Waals surface area contributed by atoms with Crippen LogP contribution in [-0.2, 0) is 19.1 Å². The fraction of sp³-hybridized carbons (Fsp3) is 0.833. The van der Waals surface area contributed by atoms with Crippen molar-refractivity contribution in [1.82, 2.24) is 4.90 Å². The van der Waals surface area contributed by atoms with E-state index in [9.17, 15) is 9.59 Å². The third kappa shape index (κ3) is 4.34. The van der Waals surface area contributed by atoms with Gasteiger partial charge in [-0.2, -0.15) is 0 Å². The standard InChI is InChI=1S/C12H21NO4/c1-12(2,3)17-11(15)9-7-10(14)13(8-9)5-6-16-4/h9H,5-8H2,1-4H3. The lowest BCUT2D eigenvalue weighted by Crippen LogP contribution is -2.32. The molecule has 17 heavy (non-hydrogen) atoms. The largest absolute Gasteiger partial charge is 0.460 e. The van der Waals surface area contributed by atoms with Gasteiger partial charge in [0.25, 0.3) is 0 Å². The molecule has 0 spiro atoms. The molecule has 0 aliphatic carbocycles. The lowest BCUT2D eigenvalue weighted by Gasteiger charge is -2.22. The third-order valence-corrected chi connectivity index (χ3v) is 2.52. The number of amides is 1. The summed E-state index contributed by atoms with van der Waals surface area (Å²) in [7, 11) is 1.59. The first-order chi connectivity index (χ1) is 7.83. The Morgan fingerprint density at radius 3 is 2.65 bits per heavy atom. The number of methoxy groups -OCH3 is 1. The van der Waals surface area contributed by atoms with Gasteiger partial charge in [-0.15, -0.1) is 0 Å². The van der Waals surface area contributed by atoms with Crippen molar-refractivity contribution in [1.29, 1.82) is 0 Å². The van der Waals surface area contributed by atoms with Gasteiger partial charge in [0, 0.05) is 26.6 Å². The van der Waals surface area contributed by atoms with Gasteiger partial charge < -0.3 is 14.4 Å². The summed E-state index contributed by atoms with van der Waals surface area (Å²) in [4.78, 5) is 25.1. The summed E-state index contributed by atoms with van der Waals surface area (Å²) < 4.78 is 10.2. The molecule has 0 aromatic heterocycles. The van der Waals surface area contributed by atoms with Crippen molar-refractivity contribution in [2.24, 2.45) is 5.92 Å². The zero-order chi connectivity index (χ0) is 13.1. The van der Waals surface area contributed by atoms with Gasteiger partial charge in [0.1, 0.15) is 5.60 Å². The van der Waals surface area contributed by atoms with Crippen LogP contribution in [0.4, 0.5) is 0 Å². The lowest BCUT2D eigenvalue weighted by molar-refractivity contribution is -0.159. The summed E-state index contributed by atoms with van der Waals surface area (Å²) in [6.07, 6.45) is 0.249. The molecule has 98 valence electrons. The molecule has 1 amide bonds. The Morgan fingerprint density at radius 2 is 2.12 bits per heavy atom. The zero-order valence-electron chi connectivity index (χ0n) is 11.0. The Labute approximate surface area is 102 Å². The van der Waals surface area contributed by atoms with E-state index >= 15 is 0 Å². The minimum absolute atomic E-state index is 0.00194. The molecule has 1 fully saturated rings. The van der Waals surface area contributed by atoms with Crippen molar-refractivity contribution in [2.45, 2.75) is 32.8 Å². The molecule has 0 saturated carbocycles. The van der Waals surface area contributed by atoms with Crippen molar-refractivity contribution in [2.75, 3.05) is 26.8 Å². The van der Waals surface area contributed by atoms with E-state index in [1.807, 2.05) is 20.8 Å². The molecule has 1 aliphatic heterocycles. The average molecular weight is 243 g/mol. The molecule has 1 aliphatic rings. The van der Waals surface area contributed by atoms with Crippen LogP contribution in [0.15, 0.2) is 0 Å². The fourth-order valence-electron chi connectivity index (χ4n) is 1.73. The molecule has 5 heteroatoms. The zero-order valence-corrected chi connectivity index (χ0v) is 11.0. The second-order valence-electron chi connectivity index (χ2n) is 5.27. The molecule has 0 radical (unpaired) electrons. The highest BCUT2D eigenvalue weighted by Crippen LogP contribution is 2.21. The first-order valence-electron chi connectivity index (χ1n) is 5.83. The van der Waals surface area contributed by atoms with Crippen molar-refractivity contribution >= 4 is 11.9 Å². The van der Waals surface area contributed by atoms with E-state index in [0.717, 1.165) is 0 Å². The van der Waals surface area contributed by atoms with Crippen LogP contribution >= 0.6 is 0 Å². The summed E-state index contributed by atoms with van der Waals surface area (Å²) in [6, 6.07) is 0. The number of esters is 1. The topological polar surface area (TPSA) is 55.8 Å². The number of carbonyl (C=O) groups is 2. The molecule has 0 aromatic rings. The molecule has 1 rings (SSSR count). The van der Waals surface area contributed by atoms with Crippen LogP contribution in [0.5, 0.6) is 0 Å². The SMILES string of the molecule is COCCN1CC(C(=O)OC(C)(C)C)CC1=O. The second kappa shape index (κ2) is 5.49. The molecule has 0 bridgehead atoms. The van der Waals surface area contributed by atoms with Gasteiger partial charge in [0.2, 0.25) is 5.91 Å². The average Bonchev–Trinajstić information content (AvgIpc) is 2.54. The van der Waals surface area contributed by atoms with Crippen LogP contribution in [0.3, 0.4) is 0 Å². The number of rotatable bonds is 4. The van der Waals surface area contributed by atoms with Crippen molar-refractivity contribution in [3.63, 3.8) is 0 Å². The van der Waals surface area contributed by atoms with Crippen LogP contribution in [0.25, 0.3) is 0 Å². The summed E-state index contributed by atoms with van der Waals surface area (Å²) in [5.41, 5.74) is -0.500. The quantitative estimate of drug-likeness (QED) is 0.686. The van der Waals surface area contributed by atoms with E-state index in [2.05, 4.69) is 0 Å². The Bertz CT molecular complexity index is 295. The van der Waals surface area contributed by atoms with E-state index in [1.165, 1.54) is 0 Å². The Hall–Kier alpha value is -1.10. The van der Waals surface area contributed by atoms with E-state index in [4.69, 9.17) is 9.47 Å². The van der Waals surface area contributed by atoms with Gasteiger partial charge in [0.15, 0.2) is 0 Å². The highest BCUT2D eigenvalue weighted by Gasteiger charge is 2.36. The first kappa shape index (κ1) is 14.0. The summed E-state index contributed by atoms with van der Waals surface area (Å²) in [5.74, 6) is -0.623. The molecule has 1 atom stereocenters. The van der Waals surface area contributed by atoms with Gasteiger partial charge >= 0.3 is 5.97 Å². The maximum atomic E-state index is 11.8. The van der Waals surface area contributed by atoms with E-state index in [0.29, 0.717) is 19.7 Å². The summed E-state index contributed by atoms with van der Waals surface area (Å²) >= 11 is 0. The van der Waals surface area contributed by atoms with Gasteiger partial charge in [-0.1, -0.05) is 0 Å². The molecule has 1 unspecified atom stereocenters.